The topological polar surface area (TPSA) is 126 Å². The SMILES string of the molecule is CCCCCCCCN1C(=O)c2cc(C#N)c3c4c(cc(C#N)c(c24)C1=O)C(O)N(CCCCCCCC)C3=O. The molecule has 1 unspecified atom stereocenters. The quantitative estimate of drug-likeness (QED) is 0.219. The van der Waals surface area contributed by atoms with Gasteiger partial charge < -0.3 is 10.0 Å². The van der Waals surface area contributed by atoms with Crippen molar-refractivity contribution in [1.82, 2.24) is 9.80 Å². The number of carbonyl (C=O) groups excluding carboxylic acids is 3. The van der Waals surface area contributed by atoms with Crippen LogP contribution in [0.2, 0.25) is 0 Å². The van der Waals surface area contributed by atoms with Crippen molar-refractivity contribution in [3.63, 3.8) is 0 Å². The number of hydrogen-bond acceptors (Lipinski definition) is 6. The highest BCUT2D eigenvalue weighted by Crippen LogP contribution is 2.44. The van der Waals surface area contributed by atoms with Gasteiger partial charge in [-0.2, -0.15) is 10.5 Å². The Morgan fingerprint density at radius 1 is 0.700 bits per heavy atom. The van der Waals surface area contributed by atoms with Gasteiger partial charge in [0.1, 0.15) is 6.07 Å². The fraction of sp³-hybridized carbons (Fsp3) is 0.531. The van der Waals surface area contributed by atoms with Crippen LogP contribution in [0.4, 0.5) is 0 Å². The minimum Gasteiger partial charge on any atom is -0.369 e. The summed E-state index contributed by atoms with van der Waals surface area (Å²) in [6, 6.07) is 6.99. The van der Waals surface area contributed by atoms with E-state index in [-0.39, 0.29) is 50.7 Å². The normalized spacial score (nSPS) is 16.0. The highest BCUT2D eigenvalue weighted by molar-refractivity contribution is 6.29. The zero-order valence-corrected chi connectivity index (χ0v) is 23.6. The first kappa shape index (κ1) is 29.2. The summed E-state index contributed by atoms with van der Waals surface area (Å²) in [6.45, 7) is 4.80. The van der Waals surface area contributed by atoms with Crippen molar-refractivity contribution in [1.29, 1.82) is 10.5 Å². The van der Waals surface area contributed by atoms with E-state index < -0.39 is 23.9 Å². The molecule has 0 aromatic heterocycles. The van der Waals surface area contributed by atoms with Crippen molar-refractivity contribution in [2.75, 3.05) is 13.1 Å². The van der Waals surface area contributed by atoms with E-state index in [0.29, 0.717) is 19.4 Å². The van der Waals surface area contributed by atoms with Crippen molar-refractivity contribution in [3.8, 4) is 12.1 Å². The molecule has 2 aliphatic rings. The minimum atomic E-state index is -1.34. The summed E-state index contributed by atoms with van der Waals surface area (Å²) in [7, 11) is 0. The smallest absolute Gasteiger partial charge is 0.262 e. The van der Waals surface area contributed by atoms with Crippen LogP contribution in [0.15, 0.2) is 12.1 Å². The molecule has 0 saturated carbocycles. The van der Waals surface area contributed by atoms with Gasteiger partial charge in [0.25, 0.3) is 17.7 Å². The van der Waals surface area contributed by atoms with E-state index in [9.17, 15) is 30.0 Å². The summed E-state index contributed by atoms with van der Waals surface area (Å²) in [5.74, 6) is -1.60. The zero-order chi connectivity index (χ0) is 28.8. The maximum atomic E-state index is 13.7. The summed E-state index contributed by atoms with van der Waals surface area (Å²) in [4.78, 5) is 43.4. The maximum absolute atomic E-state index is 13.7. The molecule has 1 N–H and O–H groups in total. The molecule has 2 heterocycles. The van der Waals surface area contributed by atoms with Crippen LogP contribution >= 0.6 is 0 Å². The molecule has 0 bridgehead atoms. The number of nitriles is 2. The first-order valence-corrected chi connectivity index (χ1v) is 14.7. The molecule has 40 heavy (non-hydrogen) atoms. The lowest BCUT2D eigenvalue weighted by Crippen LogP contribution is -2.43. The predicted molar refractivity (Wildman–Crippen MR) is 151 cm³/mol. The summed E-state index contributed by atoms with van der Waals surface area (Å²) in [5.41, 5.74) is 0.641. The molecule has 1 atom stereocenters. The number of imide groups is 1. The molecular formula is C32H38N4O4. The molecule has 0 spiro atoms. The molecule has 0 saturated heterocycles. The van der Waals surface area contributed by atoms with Crippen molar-refractivity contribution >= 4 is 28.5 Å². The number of nitrogens with zero attached hydrogens (tertiary/aromatic N) is 4. The van der Waals surface area contributed by atoms with Gasteiger partial charge in [0.15, 0.2) is 6.23 Å². The third-order valence-electron chi connectivity index (χ3n) is 8.15. The fourth-order valence-electron chi connectivity index (χ4n) is 5.99. The first-order valence-electron chi connectivity index (χ1n) is 14.7. The monoisotopic (exact) mass is 542 g/mol. The number of amides is 3. The average molecular weight is 543 g/mol. The van der Waals surface area contributed by atoms with Crippen LogP contribution in [-0.2, 0) is 0 Å². The molecule has 8 nitrogen and oxygen atoms in total. The lowest BCUT2D eigenvalue weighted by molar-refractivity contribution is 0.00406. The van der Waals surface area contributed by atoms with E-state index in [2.05, 4.69) is 26.0 Å². The lowest BCUT2D eigenvalue weighted by Gasteiger charge is -2.37. The first-order chi connectivity index (χ1) is 19.4. The van der Waals surface area contributed by atoms with E-state index in [1.54, 1.807) is 0 Å². The second-order valence-electron chi connectivity index (χ2n) is 10.9. The van der Waals surface area contributed by atoms with Gasteiger partial charge in [-0.3, -0.25) is 19.3 Å². The third kappa shape index (κ3) is 5.33. The Morgan fingerprint density at radius 3 is 1.82 bits per heavy atom. The van der Waals surface area contributed by atoms with E-state index in [1.807, 2.05) is 0 Å². The molecule has 2 aromatic rings. The number of aliphatic hydroxyl groups excluding tert-OH is 1. The predicted octanol–water partition coefficient (Wildman–Crippen LogP) is 6.35. The van der Waals surface area contributed by atoms with Crippen LogP contribution in [0.1, 0.15) is 145 Å². The largest absolute Gasteiger partial charge is 0.369 e. The number of unbranched alkanes of at least 4 members (excludes halogenated alkanes) is 10. The van der Waals surface area contributed by atoms with Gasteiger partial charge in [-0.05, 0) is 25.0 Å². The van der Waals surface area contributed by atoms with Crippen LogP contribution in [0.5, 0.6) is 0 Å². The Kier molecular flexibility index (Phi) is 9.55. The van der Waals surface area contributed by atoms with E-state index in [4.69, 9.17) is 0 Å². The minimum absolute atomic E-state index is 0.0338. The van der Waals surface area contributed by atoms with E-state index >= 15 is 0 Å². The van der Waals surface area contributed by atoms with Gasteiger partial charge in [-0.25, -0.2) is 0 Å². The fourth-order valence-corrected chi connectivity index (χ4v) is 5.99. The number of rotatable bonds is 14. The number of aliphatic hydroxyl groups is 1. The van der Waals surface area contributed by atoms with Crippen molar-refractivity contribution < 1.29 is 19.5 Å². The summed E-state index contributed by atoms with van der Waals surface area (Å²) >= 11 is 0. The molecular weight excluding hydrogens is 504 g/mol. The van der Waals surface area contributed by atoms with Crippen LogP contribution < -0.4 is 0 Å². The Balaban J connectivity index is 1.72. The van der Waals surface area contributed by atoms with Crippen LogP contribution in [0, 0.1) is 22.7 Å². The zero-order valence-electron chi connectivity index (χ0n) is 23.6. The second kappa shape index (κ2) is 13.1. The third-order valence-corrected chi connectivity index (χ3v) is 8.15. The highest BCUT2D eigenvalue weighted by Gasteiger charge is 2.42. The molecule has 3 amide bonds. The molecule has 0 fully saturated rings. The van der Waals surface area contributed by atoms with Crippen LogP contribution in [-0.4, -0.2) is 45.7 Å². The van der Waals surface area contributed by atoms with Gasteiger partial charge in [0.05, 0.1) is 33.9 Å². The standard InChI is InChI=1S/C32H38N4O4/c1-3-5-7-9-11-13-15-35-29(37)23-17-22(20-34)26-28-24(18-21(19-33)25(27(23)28)31(35)39)30(38)36(32(26)40)16-14-12-10-8-6-4-2/h17-18,29,37H,3-16H2,1-2H3. The Labute approximate surface area is 236 Å². The molecule has 0 radical (unpaired) electrons. The van der Waals surface area contributed by atoms with Gasteiger partial charge in [-0.15, -0.1) is 0 Å². The van der Waals surface area contributed by atoms with Gasteiger partial charge in [-0.1, -0.05) is 78.1 Å². The lowest BCUT2D eigenvalue weighted by atomic mass is 9.81. The maximum Gasteiger partial charge on any atom is 0.262 e. The molecule has 2 aliphatic heterocycles. The van der Waals surface area contributed by atoms with Crippen molar-refractivity contribution in [2.24, 2.45) is 0 Å². The summed E-state index contributed by atoms with van der Waals surface area (Å²) in [5, 5.41) is 31.8. The molecule has 210 valence electrons. The summed E-state index contributed by atoms with van der Waals surface area (Å²) in [6.07, 6.45) is 10.6. The second-order valence-corrected chi connectivity index (χ2v) is 10.9. The number of carbonyl (C=O) groups is 3. The van der Waals surface area contributed by atoms with Gasteiger partial charge >= 0.3 is 0 Å². The summed E-state index contributed by atoms with van der Waals surface area (Å²) < 4.78 is 0. The van der Waals surface area contributed by atoms with Gasteiger partial charge in [0, 0.05) is 29.4 Å². The van der Waals surface area contributed by atoms with E-state index in [1.165, 1.54) is 17.0 Å². The van der Waals surface area contributed by atoms with Crippen LogP contribution in [0.3, 0.4) is 0 Å². The molecule has 2 aromatic carbocycles. The van der Waals surface area contributed by atoms with Crippen molar-refractivity contribution in [2.45, 2.75) is 97.1 Å². The average Bonchev–Trinajstić information content (AvgIpc) is 2.96. The van der Waals surface area contributed by atoms with Crippen molar-refractivity contribution in [3.05, 3.63) is 45.5 Å². The number of hydrogen-bond donors (Lipinski definition) is 1. The molecule has 4 rings (SSSR count). The Hall–Kier alpha value is -3.75. The van der Waals surface area contributed by atoms with Gasteiger partial charge in [0.2, 0.25) is 0 Å². The molecule has 8 heteroatoms. The Bertz CT molecular complexity index is 1400. The molecule has 0 aliphatic carbocycles. The highest BCUT2D eigenvalue weighted by atomic mass is 16.3. The van der Waals surface area contributed by atoms with E-state index in [0.717, 1.165) is 69.1 Å². The Morgan fingerprint density at radius 2 is 1.23 bits per heavy atom. The van der Waals surface area contributed by atoms with Crippen LogP contribution in [0.25, 0.3) is 10.8 Å². The number of benzene rings is 2.